The molecule has 1 unspecified atom stereocenters. The molecule has 1 N–H and O–H groups in total. The molecule has 0 radical (unpaired) electrons. The summed E-state index contributed by atoms with van der Waals surface area (Å²) in [5.74, 6) is 0.827. The van der Waals surface area contributed by atoms with Crippen molar-refractivity contribution >= 4 is 0 Å². The van der Waals surface area contributed by atoms with Gasteiger partial charge in [0.05, 0.1) is 11.7 Å². The van der Waals surface area contributed by atoms with Crippen molar-refractivity contribution in [2.24, 2.45) is 5.92 Å². The minimum atomic E-state index is 0.203. The minimum Gasteiger partial charge on any atom is -0.305 e. The van der Waals surface area contributed by atoms with Crippen LogP contribution in [-0.4, -0.2) is 11.5 Å². The zero-order valence-corrected chi connectivity index (χ0v) is 12.5. The van der Waals surface area contributed by atoms with Crippen molar-refractivity contribution in [3.05, 3.63) is 66.0 Å². The molecule has 1 aliphatic carbocycles. The highest BCUT2D eigenvalue weighted by molar-refractivity contribution is 5.27. The van der Waals surface area contributed by atoms with Crippen molar-refractivity contribution in [3.63, 3.8) is 0 Å². The van der Waals surface area contributed by atoms with Crippen LogP contribution in [0.4, 0.5) is 0 Å². The molecule has 1 fully saturated rings. The summed E-state index contributed by atoms with van der Waals surface area (Å²) in [6, 6.07) is 17.0. The third-order valence-electron chi connectivity index (χ3n) is 4.45. The Morgan fingerprint density at radius 3 is 2.43 bits per heavy atom. The van der Waals surface area contributed by atoms with E-state index in [1.165, 1.54) is 37.7 Å². The predicted molar refractivity (Wildman–Crippen MR) is 87.1 cm³/mol. The first kappa shape index (κ1) is 14.3. The average Bonchev–Trinajstić information content (AvgIpc) is 2.58. The summed E-state index contributed by atoms with van der Waals surface area (Å²) in [5, 5.41) is 3.76. The predicted octanol–water partition coefficient (Wildman–Crippen LogP) is 4.34. The van der Waals surface area contributed by atoms with Crippen LogP contribution < -0.4 is 5.32 Å². The van der Waals surface area contributed by atoms with E-state index in [9.17, 15) is 0 Å². The summed E-state index contributed by atoms with van der Waals surface area (Å²) in [4.78, 5) is 4.56. The van der Waals surface area contributed by atoms with Crippen molar-refractivity contribution in [1.82, 2.24) is 10.3 Å². The molecule has 21 heavy (non-hydrogen) atoms. The molecule has 0 spiro atoms. The molecule has 1 aliphatic rings. The smallest absolute Gasteiger partial charge is 0.0751 e. The van der Waals surface area contributed by atoms with Gasteiger partial charge in [-0.3, -0.25) is 4.98 Å². The SMILES string of the molecule is c1ccc(C(NCC2CCCCC2)c2ccccn2)cc1. The second-order valence-electron chi connectivity index (χ2n) is 6.01. The topological polar surface area (TPSA) is 24.9 Å². The van der Waals surface area contributed by atoms with Crippen LogP contribution in [0.2, 0.25) is 0 Å². The van der Waals surface area contributed by atoms with Gasteiger partial charge in [-0.05, 0) is 43.0 Å². The zero-order chi connectivity index (χ0) is 14.3. The zero-order valence-electron chi connectivity index (χ0n) is 12.5. The molecular weight excluding hydrogens is 256 g/mol. The first-order valence-electron chi connectivity index (χ1n) is 8.13. The summed E-state index contributed by atoms with van der Waals surface area (Å²) in [6.07, 6.45) is 8.83. The van der Waals surface area contributed by atoms with Crippen LogP contribution >= 0.6 is 0 Å². The van der Waals surface area contributed by atoms with Gasteiger partial charge in [-0.25, -0.2) is 0 Å². The number of nitrogens with one attached hydrogen (secondary N) is 1. The monoisotopic (exact) mass is 280 g/mol. The Morgan fingerprint density at radius 1 is 0.952 bits per heavy atom. The molecule has 1 aromatic carbocycles. The third-order valence-corrected chi connectivity index (χ3v) is 4.45. The summed E-state index contributed by atoms with van der Waals surface area (Å²) >= 11 is 0. The molecule has 0 amide bonds. The van der Waals surface area contributed by atoms with Crippen LogP contribution in [0.1, 0.15) is 49.4 Å². The molecule has 1 aromatic heterocycles. The first-order chi connectivity index (χ1) is 10.4. The fourth-order valence-corrected chi connectivity index (χ4v) is 3.26. The maximum atomic E-state index is 4.56. The summed E-state index contributed by atoms with van der Waals surface area (Å²) in [7, 11) is 0. The summed E-state index contributed by atoms with van der Waals surface area (Å²) < 4.78 is 0. The second kappa shape index (κ2) is 7.37. The Balaban J connectivity index is 1.73. The Bertz CT molecular complexity index is 478. The molecule has 1 saturated carbocycles. The normalized spacial score (nSPS) is 17.5. The lowest BCUT2D eigenvalue weighted by atomic mass is 9.89. The van der Waals surface area contributed by atoms with E-state index in [0.29, 0.717) is 0 Å². The third kappa shape index (κ3) is 3.92. The van der Waals surface area contributed by atoms with E-state index in [2.05, 4.69) is 52.8 Å². The van der Waals surface area contributed by atoms with Crippen LogP contribution in [0.3, 0.4) is 0 Å². The molecule has 2 aromatic rings. The number of hydrogen-bond donors (Lipinski definition) is 1. The van der Waals surface area contributed by atoms with E-state index in [1.54, 1.807) is 0 Å². The fraction of sp³-hybridized carbons (Fsp3) is 0.421. The second-order valence-corrected chi connectivity index (χ2v) is 6.01. The van der Waals surface area contributed by atoms with Gasteiger partial charge in [0.1, 0.15) is 0 Å². The van der Waals surface area contributed by atoms with E-state index in [1.807, 2.05) is 12.3 Å². The summed E-state index contributed by atoms with van der Waals surface area (Å²) in [5.41, 5.74) is 2.41. The maximum absolute atomic E-state index is 4.56. The molecule has 3 rings (SSSR count). The summed E-state index contributed by atoms with van der Waals surface area (Å²) in [6.45, 7) is 1.09. The van der Waals surface area contributed by atoms with Gasteiger partial charge in [0.15, 0.2) is 0 Å². The van der Waals surface area contributed by atoms with Crippen molar-refractivity contribution in [3.8, 4) is 0 Å². The quantitative estimate of drug-likeness (QED) is 0.881. The minimum absolute atomic E-state index is 0.203. The van der Waals surface area contributed by atoms with Gasteiger partial charge in [0, 0.05) is 6.20 Å². The number of nitrogens with zero attached hydrogens (tertiary/aromatic N) is 1. The number of benzene rings is 1. The van der Waals surface area contributed by atoms with E-state index >= 15 is 0 Å². The van der Waals surface area contributed by atoms with Gasteiger partial charge in [-0.1, -0.05) is 55.7 Å². The molecular formula is C19H24N2. The molecule has 2 heteroatoms. The van der Waals surface area contributed by atoms with Crippen molar-refractivity contribution in [2.75, 3.05) is 6.54 Å². The molecule has 0 aliphatic heterocycles. The number of rotatable bonds is 5. The lowest BCUT2D eigenvalue weighted by molar-refractivity contribution is 0.334. The molecule has 110 valence electrons. The van der Waals surface area contributed by atoms with Crippen molar-refractivity contribution < 1.29 is 0 Å². The Morgan fingerprint density at radius 2 is 1.71 bits per heavy atom. The highest BCUT2D eigenvalue weighted by Gasteiger charge is 2.18. The molecule has 2 nitrogen and oxygen atoms in total. The lowest BCUT2D eigenvalue weighted by Crippen LogP contribution is -2.29. The number of aromatic nitrogens is 1. The van der Waals surface area contributed by atoms with Crippen LogP contribution in [-0.2, 0) is 0 Å². The largest absolute Gasteiger partial charge is 0.305 e. The standard InChI is InChI=1S/C19H24N2/c1-3-9-16(10-4-1)15-21-19(17-11-5-2-6-12-17)18-13-7-8-14-20-18/h2,5-8,11-14,16,19,21H,1,3-4,9-10,15H2. The fourth-order valence-electron chi connectivity index (χ4n) is 3.26. The molecule has 1 atom stereocenters. The average molecular weight is 280 g/mol. The van der Waals surface area contributed by atoms with E-state index in [0.717, 1.165) is 18.2 Å². The lowest BCUT2D eigenvalue weighted by Gasteiger charge is -2.25. The van der Waals surface area contributed by atoms with Gasteiger partial charge in [0.2, 0.25) is 0 Å². The Hall–Kier alpha value is -1.67. The highest BCUT2D eigenvalue weighted by Crippen LogP contribution is 2.25. The van der Waals surface area contributed by atoms with E-state index in [4.69, 9.17) is 0 Å². The van der Waals surface area contributed by atoms with E-state index < -0.39 is 0 Å². The Kier molecular flexibility index (Phi) is 5.01. The van der Waals surface area contributed by atoms with Crippen LogP contribution in [0.25, 0.3) is 0 Å². The van der Waals surface area contributed by atoms with Crippen molar-refractivity contribution in [2.45, 2.75) is 38.1 Å². The molecule has 0 bridgehead atoms. The number of pyridine rings is 1. The van der Waals surface area contributed by atoms with Crippen LogP contribution in [0, 0.1) is 5.92 Å². The number of hydrogen-bond acceptors (Lipinski definition) is 2. The van der Waals surface area contributed by atoms with Crippen molar-refractivity contribution in [1.29, 1.82) is 0 Å². The van der Waals surface area contributed by atoms with Crippen LogP contribution in [0.15, 0.2) is 54.7 Å². The first-order valence-corrected chi connectivity index (χ1v) is 8.13. The van der Waals surface area contributed by atoms with Gasteiger partial charge in [0.25, 0.3) is 0 Å². The van der Waals surface area contributed by atoms with Crippen LogP contribution in [0.5, 0.6) is 0 Å². The van der Waals surface area contributed by atoms with E-state index in [-0.39, 0.29) is 6.04 Å². The maximum Gasteiger partial charge on any atom is 0.0751 e. The van der Waals surface area contributed by atoms with Gasteiger partial charge < -0.3 is 5.32 Å². The van der Waals surface area contributed by atoms with Gasteiger partial charge in [-0.15, -0.1) is 0 Å². The highest BCUT2D eigenvalue weighted by atomic mass is 14.9. The Labute approximate surface area is 127 Å². The molecule has 0 saturated heterocycles. The van der Waals surface area contributed by atoms with Gasteiger partial charge in [-0.2, -0.15) is 0 Å². The van der Waals surface area contributed by atoms with Gasteiger partial charge >= 0.3 is 0 Å². The molecule has 1 heterocycles.